The number of rotatable bonds is 5. The summed E-state index contributed by atoms with van der Waals surface area (Å²) in [6.07, 6.45) is 6.35. The summed E-state index contributed by atoms with van der Waals surface area (Å²) in [6.45, 7) is 8.19. The third-order valence-corrected chi connectivity index (χ3v) is 12.6. The van der Waals surface area contributed by atoms with Crippen molar-refractivity contribution in [2.75, 3.05) is 13.7 Å². The van der Waals surface area contributed by atoms with Crippen molar-refractivity contribution in [1.82, 2.24) is 0 Å². The van der Waals surface area contributed by atoms with Gasteiger partial charge in [0.2, 0.25) is 0 Å². The van der Waals surface area contributed by atoms with Crippen LogP contribution in [0.3, 0.4) is 0 Å². The number of aliphatic hydroxyl groups is 2. The van der Waals surface area contributed by atoms with Gasteiger partial charge in [-0.05, 0) is 99.4 Å². The van der Waals surface area contributed by atoms with E-state index in [1.807, 2.05) is 0 Å². The lowest BCUT2D eigenvalue weighted by atomic mass is 9.43. The molecule has 4 aliphatic carbocycles. The number of fused-ring (bicyclic) bond motifs is 5. The van der Waals surface area contributed by atoms with Crippen LogP contribution in [0.25, 0.3) is 0 Å². The summed E-state index contributed by atoms with van der Waals surface area (Å²) in [5.41, 5.74) is 0.221. The molecule has 0 aromatic rings. The second-order valence-corrected chi connectivity index (χ2v) is 14.3. The minimum atomic E-state index is -0.926. The molecule has 6 rings (SSSR count). The van der Waals surface area contributed by atoms with E-state index in [9.17, 15) is 19.8 Å². The largest absolute Gasteiger partial charge is 0.458 e. The van der Waals surface area contributed by atoms with Crippen molar-refractivity contribution in [1.29, 1.82) is 0 Å². The number of methoxy groups -OCH3 is 1. The minimum absolute atomic E-state index is 0.0488. The first-order valence-electron chi connectivity index (χ1n) is 15.7. The predicted molar refractivity (Wildman–Crippen MR) is 147 cm³/mol. The van der Waals surface area contributed by atoms with Gasteiger partial charge in [-0.15, -0.1) is 0 Å². The summed E-state index contributed by atoms with van der Waals surface area (Å²) in [7, 11) is 1.50. The standard InChI is InChI=1S/C32H48O9/c1-17-26(35)27(37-5)28(40-18(2)33)29(39-17)41-21-8-11-30(3)20(15-21)6-7-24-23(30)9-12-31(4)22(10-13-32(24,31)36)19-14-25(34)38-16-19/h14,17,20-24,26-29,35-36H,6-13,15-16H2,1-5H3/t17-,20+,21-,22-,23+,24+,26-,27+,28-,29-,30-,31+,32-/m0/s1. The zero-order valence-electron chi connectivity index (χ0n) is 25.2. The Balaban J connectivity index is 1.16. The van der Waals surface area contributed by atoms with Gasteiger partial charge < -0.3 is 33.9 Å². The number of cyclic esters (lactones) is 1. The molecule has 0 unspecified atom stereocenters. The first kappa shape index (κ1) is 29.5. The van der Waals surface area contributed by atoms with E-state index in [0.29, 0.717) is 18.4 Å². The van der Waals surface area contributed by atoms with Crippen LogP contribution < -0.4 is 0 Å². The molecule has 0 aromatic heterocycles. The summed E-state index contributed by atoms with van der Waals surface area (Å²) >= 11 is 0. The Labute approximate surface area is 243 Å². The average Bonchev–Trinajstić information content (AvgIpc) is 3.46. The highest BCUT2D eigenvalue weighted by Gasteiger charge is 2.67. The third-order valence-electron chi connectivity index (χ3n) is 12.6. The normalized spacial score (nSPS) is 51.2. The van der Waals surface area contributed by atoms with Gasteiger partial charge in [-0.2, -0.15) is 0 Å². The van der Waals surface area contributed by atoms with Gasteiger partial charge in [0.1, 0.15) is 18.8 Å². The van der Waals surface area contributed by atoms with Crippen LogP contribution in [-0.2, 0) is 33.3 Å². The van der Waals surface area contributed by atoms with E-state index in [1.54, 1.807) is 13.0 Å². The smallest absolute Gasteiger partial charge is 0.331 e. The van der Waals surface area contributed by atoms with Crippen LogP contribution in [0.4, 0.5) is 0 Å². The van der Waals surface area contributed by atoms with Crippen LogP contribution in [0.5, 0.6) is 0 Å². The monoisotopic (exact) mass is 576 g/mol. The van der Waals surface area contributed by atoms with E-state index in [2.05, 4.69) is 13.8 Å². The number of hydrogen-bond donors (Lipinski definition) is 2. The zero-order valence-corrected chi connectivity index (χ0v) is 25.2. The molecule has 2 aliphatic heterocycles. The highest BCUT2D eigenvalue weighted by atomic mass is 16.7. The number of aliphatic hydroxyl groups excluding tert-OH is 1. The number of hydrogen-bond acceptors (Lipinski definition) is 9. The maximum atomic E-state index is 12.5. The van der Waals surface area contributed by atoms with Crippen molar-refractivity contribution in [3.63, 3.8) is 0 Å². The molecule has 4 saturated carbocycles. The van der Waals surface area contributed by atoms with Crippen molar-refractivity contribution in [3.8, 4) is 0 Å². The number of carbonyl (C=O) groups excluding carboxylic acids is 2. The predicted octanol–water partition coefficient (Wildman–Crippen LogP) is 3.68. The Bertz CT molecular complexity index is 1080. The molecule has 2 N–H and O–H groups in total. The number of carbonyl (C=O) groups is 2. The summed E-state index contributed by atoms with van der Waals surface area (Å²) in [6, 6.07) is 0. The summed E-state index contributed by atoms with van der Waals surface area (Å²) in [4.78, 5) is 23.7. The van der Waals surface area contributed by atoms with Gasteiger partial charge in [0.05, 0.1) is 17.8 Å². The molecule has 0 bridgehead atoms. The molecular formula is C32H48O9. The highest BCUT2D eigenvalue weighted by molar-refractivity contribution is 5.85. The molecule has 0 amide bonds. The zero-order chi connectivity index (χ0) is 29.3. The maximum Gasteiger partial charge on any atom is 0.331 e. The Morgan fingerprint density at radius 3 is 2.51 bits per heavy atom. The van der Waals surface area contributed by atoms with Crippen molar-refractivity contribution < 1.29 is 43.5 Å². The van der Waals surface area contributed by atoms with Gasteiger partial charge in [0, 0.05) is 25.5 Å². The Hall–Kier alpha value is -1.52. The lowest BCUT2D eigenvalue weighted by Crippen LogP contribution is -2.63. The minimum Gasteiger partial charge on any atom is -0.458 e. The average molecular weight is 577 g/mol. The van der Waals surface area contributed by atoms with Gasteiger partial charge >= 0.3 is 11.9 Å². The fraction of sp³-hybridized carbons (Fsp3) is 0.875. The van der Waals surface area contributed by atoms with E-state index >= 15 is 0 Å². The lowest BCUT2D eigenvalue weighted by molar-refractivity contribution is -0.315. The molecule has 230 valence electrons. The van der Waals surface area contributed by atoms with Crippen LogP contribution in [0.2, 0.25) is 0 Å². The quantitative estimate of drug-likeness (QED) is 0.373. The molecule has 41 heavy (non-hydrogen) atoms. The molecule has 5 fully saturated rings. The van der Waals surface area contributed by atoms with Crippen molar-refractivity contribution in [2.24, 2.45) is 34.5 Å². The first-order chi connectivity index (χ1) is 19.4. The molecule has 0 spiro atoms. The van der Waals surface area contributed by atoms with E-state index in [-0.39, 0.29) is 34.7 Å². The van der Waals surface area contributed by atoms with Gasteiger partial charge in [0.25, 0.3) is 0 Å². The fourth-order valence-electron chi connectivity index (χ4n) is 10.4. The maximum absolute atomic E-state index is 12.5. The topological polar surface area (TPSA) is 121 Å². The van der Waals surface area contributed by atoms with E-state index in [4.69, 9.17) is 23.7 Å². The molecule has 13 atom stereocenters. The van der Waals surface area contributed by atoms with Crippen LogP contribution in [-0.4, -0.2) is 78.3 Å². The molecular weight excluding hydrogens is 528 g/mol. The lowest BCUT2D eigenvalue weighted by Gasteiger charge is -2.64. The molecule has 9 heteroatoms. The van der Waals surface area contributed by atoms with Gasteiger partial charge in [-0.3, -0.25) is 4.79 Å². The Morgan fingerprint density at radius 2 is 1.83 bits per heavy atom. The van der Waals surface area contributed by atoms with Gasteiger partial charge in [-0.1, -0.05) is 13.8 Å². The summed E-state index contributed by atoms with van der Waals surface area (Å²) in [5, 5.41) is 23.1. The molecule has 0 radical (unpaired) electrons. The molecule has 2 heterocycles. The second-order valence-electron chi connectivity index (χ2n) is 14.3. The Kier molecular flexibility index (Phi) is 7.62. The van der Waals surface area contributed by atoms with E-state index < -0.39 is 42.3 Å². The van der Waals surface area contributed by atoms with Gasteiger partial charge in [0.15, 0.2) is 12.4 Å². The summed E-state index contributed by atoms with van der Waals surface area (Å²) in [5.74, 6) is 0.650. The van der Waals surface area contributed by atoms with Crippen LogP contribution >= 0.6 is 0 Å². The number of esters is 2. The molecule has 0 aromatic carbocycles. The highest BCUT2D eigenvalue weighted by Crippen LogP contribution is 2.70. The molecule has 9 nitrogen and oxygen atoms in total. The van der Waals surface area contributed by atoms with Crippen molar-refractivity contribution >= 4 is 11.9 Å². The Morgan fingerprint density at radius 1 is 1.05 bits per heavy atom. The first-order valence-corrected chi connectivity index (χ1v) is 15.7. The molecule has 1 saturated heterocycles. The van der Waals surface area contributed by atoms with Crippen LogP contribution in [0, 0.1) is 34.5 Å². The van der Waals surface area contributed by atoms with Crippen LogP contribution in [0.15, 0.2) is 11.6 Å². The second kappa shape index (κ2) is 10.6. The van der Waals surface area contributed by atoms with Crippen molar-refractivity contribution in [3.05, 3.63) is 11.6 Å². The van der Waals surface area contributed by atoms with E-state index in [1.165, 1.54) is 14.0 Å². The summed E-state index contributed by atoms with van der Waals surface area (Å²) < 4.78 is 28.9. The van der Waals surface area contributed by atoms with E-state index in [0.717, 1.165) is 63.4 Å². The van der Waals surface area contributed by atoms with Gasteiger partial charge in [-0.25, -0.2) is 4.79 Å². The third kappa shape index (κ3) is 4.60. The SMILES string of the molecule is CO[C@@H]1[C@@H](O)[C@H](C)O[C@@H](O[C@H]2CC[C@@]3(C)[C@H](CC[C@@H]4[C@H]3CC[C@]3(C)[C@H](C5=CC(=O)OC5)CC[C@]43O)C2)[C@H]1OC(C)=O. The fourth-order valence-corrected chi connectivity index (χ4v) is 10.4. The van der Waals surface area contributed by atoms with Crippen LogP contribution in [0.1, 0.15) is 85.5 Å². The number of ether oxygens (including phenoxy) is 5. The van der Waals surface area contributed by atoms with Crippen molar-refractivity contribution in [2.45, 2.75) is 128 Å². The molecule has 6 aliphatic rings.